The van der Waals surface area contributed by atoms with Gasteiger partial charge in [0.15, 0.2) is 0 Å². The minimum absolute atomic E-state index is 0. The first-order valence-corrected chi connectivity index (χ1v) is 18.1. The largest absolute Gasteiger partial charge is 1.00 e. The number of nitrogens with zero attached hydrogens (tertiary/aromatic N) is 6. The van der Waals surface area contributed by atoms with Gasteiger partial charge in [0.25, 0.3) is 16.0 Å². The van der Waals surface area contributed by atoms with Gasteiger partial charge in [0, 0.05) is 30.3 Å². The number of carbonyl (C=O) groups is 3. The molecule has 5 aromatic carbocycles. The number of nitrogen functional groups attached to an aromatic ring is 1. The van der Waals surface area contributed by atoms with Crippen molar-refractivity contribution in [2.45, 2.75) is 25.7 Å². The van der Waals surface area contributed by atoms with Crippen LogP contribution >= 0.6 is 0 Å². The van der Waals surface area contributed by atoms with Crippen LogP contribution in [0.5, 0.6) is 11.5 Å². The van der Waals surface area contributed by atoms with E-state index < -0.39 is 26.9 Å². The summed E-state index contributed by atoms with van der Waals surface area (Å²) >= 11 is 0. The van der Waals surface area contributed by atoms with Crippen molar-refractivity contribution in [3.05, 3.63) is 107 Å². The van der Waals surface area contributed by atoms with Crippen LogP contribution < -0.4 is 55.4 Å². The molecule has 0 saturated heterocycles. The molecule has 0 saturated carbocycles. The second-order valence-corrected chi connectivity index (χ2v) is 13.6. The van der Waals surface area contributed by atoms with Gasteiger partial charge in [-0.05, 0) is 97.8 Å². The molecule has 0 bridgehead atoms. The van der Waals surface area contributed by atoms with E-state index in [0.717, 1.165) is 12.1 Å². The molecule has 0 aliphatic heterocycles. The number of carboxylic acids is 1. The minimum atomic E-state index is -4.92. The normalized spacial score (nSPS) is 11.4. The number of anilines is 3. The Labute approximate surface area is 354 Å². The molecular formula is C38H35N9NaO9S+. The molecule has 0 spiro atoms. The Balaban J connectivity index is 0.00000744. The Hall–Kier alpha value is -6.38. The summed E-state index contributed by atoms with van der Waals surface area (Å²) in [6.07, 6.45) is 0. The van der Waals surface area contributed by atoms with E-state index >= 15 is 0 Å². The van der Waals surface area contributed by atoms with Crippen LogP contribution in [-0.2, 0) is 14.9 Å². The first-order chi connectivity index (χ1) is 27.1. The second-order valence-electron chi connectivity index (χ2n) is 12.2. The van der Waals surface area contributed by atoms with Crippen molar-refractivity contribution in [2.75, 3.05) is 30.6 Å². The maximum absolute atomic E-state index is 12.8. The van der Waals surface area contributed by atoms with Crippen LogP contribution in [-0.4, -0.2) is 50.1 Å². The number of ether oxygens (including phenoxy) is 2. The average Bonchev–Trinajstić information content (AvgIpc) is 3.16. The van der Waals surface area contributed by atoms with Crippen molar-refractivity contribution in [2.24, 2.45) is 30.7 Å². The van der Waals surface area contributed by atoms with E-state index in [1.165, 1.54) is 51.5 Å². The molecule has 0 aliphatic carbocycles. The van der Waals surface area contributed by atoms with E-state index in [9.17, 15) is 27.4 Å². The van der Waals surface area contributed by atoms with Crippen LogP contribution in [0.3, 0.4) is 0 Å². The van der Waals surface area contributed by atoms with Gasteiger partial charge in [-0.1, -0.05) is 0 Å². The van der Waals surface area contributed by atoms with Crippen molar-refractivity contribution in [3.63, 3.8) is 0 Å². The summed E-state index contributed by atoms with van der Waals surface area (Å²) in [6, 6.07) is 20.4. The van der Waals surface area contributed by atoms with Gasteiger partial charge in [-0.15, -0.1) is 15.3 Å². The number of aromatic carboxylic acids is 1. The summed E-state index contributed by atoms with van der Waals surface area (Å²) in [5.74, 6) is -1.46. The number of azo groups is 3. The number of carbonyl (C=O) groups excluding carboxylic acids is 2. The van der Waals surface area contributed by atoms with Crippen molar-refractivity contribution in [1.82, 2.24) is 0 Å². The summed E-state index contributed by atoms with van der Waals surface area (Å²) in [5.41, 5.74) is 9.00. The zero-order chi connectivity index (χ0) is 41.4. The number of hydrogen-bond acceptors (Lipinski definition) is 14. The summed E-state index contributed by atoms with van der Waals surface area (Å²) in [5, 5.41) is 39.6. The summed E-state index contributed by atoms with van der Waals surface area (Å²) in [4.78, 5) is 35.4. The van der Waals surface area contributed by atoms with Crippen LogP contribution in [0.1, 0.15) is 38.8 Å². The van der Waals surface area contributed by atoms with Gasteiger partial charge >= 0.3 is 35.5 Å². The van der Waals surface area contributed by atoms with Crippen LogP contribution in [0.25, 0.3) is 0 Å². The molecule has 20 heteroatoms. The Morgan fingerprint density at radius 2 is 1.17 bits per heavy atom. The molecule has 6 N–H and O–H groups in total. The van der Waals surface area contributed by atoms with Crippen molar-refractivity contribution >= 4 is 79.1 Å². The molecule has 0 unspecified atom stereocenters. The number of nitrogens with two attached hydrogens (primary N) is 1. The Bertz CT molecular complexity index is 2580. The fourth-order valence-electron chi connectivity index (χ4n) is 5.10. The van der Waals surface area contributed by atoms with Gasteiger partial charge < -0.3 is 30.9 Å². The zero-order valence-corrected chi connectivity index (χ0v) is 34.8. The van der Waals surface area contributed by atoms with Gasteiger partial charge in [0.1, 0.15) is 33.5 Å². The number of aryl methyl sites for hydroxylation is 2. The van der Waals surface area contributed by atoms with E-state index in [-0.39, 0.29) is 75.2 Å². The Morgan fingerprint density at radius 1 is 0.638 bits per heavy atom. The van der Waals surface area contributed by atoms with E-state index in [1.54, 1.807) is 56.3 Å². The molecule has 292 valence electrons. The topological polar surface area (TPSA) is 269 Å². The molecule has 0 aromatic heterocycles. The third kappa shape index (κ3) is 11.1. The smallest absolute Gasteiger partial charge is 0.494 e. The molecular weight excluding hydrogens is 782 g/mol. The standard InChI is InChI=1S/C38H35N9O9S.Na/c1-20-14-31(41-37(49)23-6-10-25(39)11-7-23)34(55-4)17-27(20)43-46-32-15-21(2)28(18-35(32)56-5)44-47-33-16-29(40-22(3)48)30(19-36(33)57(52,53)54)45-42-26-12-8-24(9-13-26)38(50)51;/h6-19H,39H2,1-5H3,(H,40,48)(H,41,49)(H,50,51)(H,52,53,54);/q;+1. The molecule has 0 heterocycles. The Kier molecular flexibility index (Phi) is 14.7. The predicted molar refractivity (Wildman–Crippen MR) is 211 cm³/mol. The second kappa shape index (κ2) is 19.2. The van der Waals surface area contributed by atoms with Crippen molar-refractivity contribution < 1.29 is 71.5 Å². The summed E-state index contributed by atoms with van der Waals surface area (Å²) in [7, 11) is -2.06. The minimum Gasteiger partial charge on any atom is -0.494 e. The Morgan fingerprint density at radius 3 is 1.74 bits per heavy atom. The number of methoxy groups -OCH3 is 2. The number of carboxylic acid groups (broad SMARTS) is 1. The molecule has 0 radical (unpaired) electrons. The van der Waals surface area contributed by atoms with Gasteiger partial charge in [-0.3, -0.25) is 14.1 Å². The molecule has 0 fully saturated rings. The number of hydrogen-bond donors (Lipinski definition) is 5. The van der Waals surface area contributed by atoms with Gasteiger partial charge in [-0.25, -0.2) is 4.79 Å². The summed E-state index contributed by atoms with van der Waals surface area (Å²) < 4.78 is 46.1. The number of benzene rings is 5. The van der Waals surface area contributed by atoms with Crippen molar-refractivity contribution in [1.29, 1.82) is 0 Å². The quantitative estimate of drug-likeness (QED) is 0.0382. The van der Waals surface area contributed by atoms with Gasteiger partial charge in [-0.2, -0.15) is 23.8 Å². The fourth-order valence-corrected chi connectivity index (χ4v) is 5.73. The average molecular weight is 817 g/mol. The van der Waals surface area contributed by atoms with Crippen LogP contribution in [0.2, 0.25) is 0 Å². The number of rotatable bonds is 13. The number of amides is 2. The van der Waals surface area contributed by atoms with E-state index in [0.29, 0.717) is 45.2 Å². The van der Waals surface area contributed by atoms with Crippen LogP contribution in [0.15, 0.2) is 121 Å². The zero-order valence-electron chi connectivity index (χ0n) is 32.0. The molecule has 58 heavy (non-hydrogen) atoms. The molecule has 0 atom stereocenters. The first-order valence-electron chi connectivity index (χ1n) is 16.6. The maximum Gasteiger partial charge on any atom is 1.00 e. The molecule has 5 aromatic rings. The monoisotopic (exact) mass is 816 g/mol. The molecule has 2 amide bonds. The van der Waals surface area contributed by atoms with E-state index in [2.05, 4.69) is 41.3 Å². The molecule has 5 rings (SSSR count). The van der Waals surface area contributed by atoms with Gasteiger partial charge in [0.2, 0.25) is 5.91 Å². The predicted octanol–water partition coefficient (Wildman–Crippen LogP) is 6.31. The maximum atomic E-state index is 12.8. The van der Waals surface area contributed by atoms with E-state index in [1.807, 2.05) is 0 Å². The first kappa shape index (κ1) is 44.3. The third-order valence-corrected chi connectivity index (χ3v) is 8.90. The van der Waals surface area contributed by atoms with Crippen molar-refractivity contribution in [3.8, 4) is 11.5 Å². The molecule has 18 nitrogen and oxygen atoms in total. The SMILES string of the molecule is COc1cc(N=Nc2cc(NC(C)=O)c(N=Nc3ccc(C(=O)O)cc3)cc2S(=O)(=O)O)c(C)cc1N=Nc1cc(OC)c(NC(=O)c2ccc(N)cc2)cc1C.[Na+]. The van der Waals surface area contributed by atoms with Gasteiger partial charge in [0.05, 0.1) is 48.2 Å². The third-order valence-electron chi connectivity index (χ3n) is 8.02. The summed E-state index contributed by atoms with van der Waals surface area (Å²) in [6.45, 7) is 4.70. The van der Waals surface area contributed by atoms with Crippen LogP contribution in [0.4, 0.5) is 51.2 Å². The van der Waals surface area contributed by atoms with E-state index in [4.69, 9.17) is 20.3 Å². The number of nitrogens with one attached hydrogen (secondary N) is 2. The van der Waals surface area contributed by atoms with Crippen LogP contribution in [0, 0.1) is 13.8 Å². The molecule has 0 aliphatic rings. The fraction of sp³-hybridized carbons (Fsp3) is 0.132.